The smallest absolute Gasteiger partial charge is 0.249 e. The molecule has 0 rings (SSSR count). The fourth-order valence-corrected chi connectivity index (χ4v) is 0.498. The quantitative estimate of drug-likeness (QED) is 0.557. The molecule has 0 bridgehead atoms. The molecule has 0 aromatic rings. The number of carbonyl (C=O) groups excluding carboxylic acids is 1. The van der Waals surface area contributed by atoms with Gasteiger partial charge in [0.05, 0.1) is 0 Å². The van der Waals surface area contributed by atoms with Crippen molar-refractivity contribution in [3.8, 4) is 0 Å². The monoisotopic (exact) mass is 130 g/mol. The molecule has 3 heteroatoms. The molecule has 0 aromatic carbocycles. The third-order valence-electron chi connectivity index (χ3n) is 1.13. The second-order valence-corrected chi connectivity index (χ2v) is 2.25. The highest BCUT2D eigenvalue weighted by Gasteiger charge is 2.25. The van der Waals surface area contributed by atoms with Gasteiger partial charge in [-0.3, -0.25) is 4.79 Å². The lowest BCUT2D eigenvalue weighted by atomic mass is 10.0. The molecular formula is C6H12NO2. The van der Waals surface area contributed by atoms with E-state index < -0.39 is 11.5 Å². The predicted molar refractivity (Wildman–Crippen MR) is 34.4 cm³/mol. The summed E-state index contributed by atoms with van der Waals surface area (Å²) in [7, 11) is 0. The van der Waals surface area contributed by atoms with Crippen molar-refractivity contribution in [2.45, 2.75) is 25.9 Å². The van der Waals surface area contributed by atoms with Gasteiger partial charge in [0.25, 0.3) is 0 Å². The first kappa shape index (κ1) is 8.43. The topological polar surface area (TPSA) is 63.3 Å². The highest BCUT2D eigenvalue weighted by atomic mass is 16.3. The molecule has 1 radical (unpaired) electrons. The number of hydrogen-bond donors (Lipinski definition) is 2. The molecule has 0 aliphatic heterocycles. The van der Waals surface area contributed by atoms with Gasteiger partial charge in [-0.2, -0.15) is 0 Å². The first-order valence-corrected chi connectivity index (χ1v) is 2.81. The number of carbonyl (C=O) groups is 1. The summed E-state index contributed by atoms with van der Waals surface area (Å²) in [5, 5.41) is 9.09. The van der Waals surface area contributed by atoms with Crippen molar-refractivity contribution >= 4 is 5.91 Å². The van der Waals surface area contributed by atoms with Crippen LogP contribution in [-0.4, -0.2) is 16.6 Å². The highest BCUT2D eigenvalue weighted by Crippen LogP contribution is 2.08. The summed E-state index contributed by atoms with van der Waals surface area (Å²) in [4.78, 5) is 10.4. The van der Waals surface area contributed by atoms with Crippen molar-refractivity contribution < 1.29 is 9.90 Å². The normalized spacial score (nSPS) is 16.8. The van der Waals surface area contributed by atoms with Gasteiger partial charge in [-0.05, 0) is 19.8 Å². The summed E-state index contributed by atoms with van der Waals surface area (Å²) in [6.45, 7) is 3.16. The molecule has 3 N–H and O–H groups in total. The Balaban J connectivity index is 3.85. The lowest BCUT2D eigenvalue weighted by Crippen LogP contribution is -2.40. The van der Waals surface area contributed by atoms with Crippen LogP contribution < -0.4 is 5.73 Å². The van der Waals surface area contributed by atoms with E-state index in [2.05, 4.69) is 0 Å². The van der Waals surface area contributed by atoms with Crippen molar-refractivity contribution in [3.63, 3.8) is 0 Å². The van der Waals surface area contributed by atoms with Crippen LogP contribution in [0.4, 0.5) is 0 Å². The molecule has 3 nitrogen and oxygen atoms in total. The molecule has 1 amide bonds. The Morgan fingerprint density at radius 2 is 2.33 bits per heavy atom. The molecule has 9 heavy (non-hydrogen) atoms. The number of aliphatic hydroxyl groups is 1. The Labute approximate surface area is 54.9 Å². The van der Waals surface area contributed by atoms with Gasteiger partial charge in [0.2, 0.25) is 5.91 Å². The third-order valence-corrected chi connectivity index (χ3v) is 1.13. The van der Waals surface area contributed by atoms with E-state index >= 15 is 0 Å². The predicted octanol–water partition coefficient (Wildman–Crippen LogP) is -0.163. The summed E-state index contributed by atoms with van der Waals surface area (Å²) in [5.41, 5.74) is 3.48. The maximum Gasteiger partial charge on any atom is 0.249 e. The molecule has 0 saturated carbocycles. The molecular weight excluding hydrogens is 118 g/mol. The first-order valence-electron chi connectivity index (χ1n) is 2.81. The van der Waals surface area contributed by atoms with Crippen molar-refractivity contribution in [1.29, 1.82) is 0 Å². The minimum Gasteiger partial charge on any atom is -0.380 e. The van der Waals surface area contributed by atoms with Crippen LogP contribution in [0.15, 0.2) is 0 Å². The average Bonchev–Trinajstić information content (AvgIpc) is 1.65. The Kier molecular flexibility index (Phi) is 2.65. The Morgan fingerprint density at radius 1 is 1.89 bits per heavy atom. The SMILES string of the molecule is C[CH]CC(C)(O)C(N)=O. The zero-order chi connectivity index (χ0) is 7.49. The minimum atomic E-state index is -1.37. The summed E-state index contributed by atoms with van der Waals surface area (Å²) < 4.78 is 0. The number of hydrogen-bond acceptors (Lipinski definition) is 2. The van der Waals surface area contributed by atoms with Gasteiger partial charge in [0, 0.05) is 0 Å². The Morgan fingerprint density at radius 3 is 2.44 bits per heavy atom. The average molecular weight is 130 g/mol. The lowest BCUT2D eigenvalue weighted by molar-refractivity contribution is -0.134. The maximum atomic E-state index is 10.4. The van der Waals surface area contributed by atoms with E-state index in [9.17, 15) is 4.79 Å². The molecule has 53 valence electrons. The zero-order valence-electron chi connectivity index (χ0n) is 5.72. The maximum absolute atomic E-state index is 10.4. The summed E-state index contributed by atoms with van der Waals surface area (Å²) in [6.07, 6.45) is 2.01. The van der Waals surface area contributed by atoms with E-state index in [1.54, 1.807) is 13.3 Å². The summed E-state index contributed by atoms with van der Waals surface area (Å²) in [6, 6.07) is 0. The van der Waals surface area contributed by atoms with Crippen LogP contribution in [0.25, 0.3) is 0 Å². The van der Waals surface area contributed by atoms with Gasteiger partial charge in [-0.15, -0.1) is 0 Å². The van der Waals surface area contributed by atoms with E-state index in [1.807, 2.05) is 0 Å². The van der Waals surface area contributed by atoms with E-state index in [1.165, 1.54) is 6.92 Å². The number of amides is 1. The molecule has 0 spiro atoms. The Hall–Kier alpha value is -0.570. The van der Waals surface area contributed by atoms with Gasteiger partial charge >= 0.3 is 0 Å². The van der Waals surface area contributed by atoms with Crippen LogP contribution in [0.1, 0.15) is 20.3 Å². The molecule has 0 fully saturated rings. The summed E-state index contributed by atoms with van der Waals surface area (Å²) in [5.74, 6) is -0.680. The fourth-order valence-electron chi connectivity index (χ4n) is 0.498. The molecule has 1 unspecified atom stereocenters. The minimum absolute atomic E-state index is 0.308. The molecule has 0 saturated heterocycles. The molecule has 0 aromatic heterocycles. The van der Waals surface area contributed by atoms with Gasteiger partial charge in [-0.25, -0.2) is 0 Å². The zero-order valence-corrected chi connectivity index (χ0v) is 5.72. The molecule has 0 aliphatic carbocycles. The van der Waals surface area contributed by atoms with E-state index in [4.69, 9.17) is 10.8 Å². The molecule has 1 atom stereocenters. The molecule has 0 heterocycles. The number of primary amides is 1. The van der Waals surface area contributed by atoms with Crippen LogP contribution in [0.3, 0.4) is 0 Å². The van der Waals surface area contributed by atoms with Crippen LogP contribution in [0, 0.1) is 6.42 Å². The highest BCUT2D eigenvalue weighted by molar-refractivity contribution is 5.82. The van der Waals surface area contributed by atoms with Gasteiger partial charge in [-0.1, -0.05) is 6.92 Å². The van der Waals surface area contributed by atoms with Crippen molar-refractivity contribution in [2.75, 3.05) is 0 Å². The Bertz CT molecular complexity index is 110. The van der Waals surface area contributed by atoms with Crippen molar-refractivity contribution in [2.24, 2.45) is 5.73 Å². The van der Waals surface area contributed by atoms with Gasteiger partial charge in [0.15, 0.2) is 0 Å². The van der Waals surface area contributed by atoms with Gasteiger partial charge < -0.3 is 10.8 Å². The van der Waals surface area contributed by atoms with Crippen LogP contribution >= 0.6 is 0 Å². The largest absolute Gasteiger partial charge is 0.380 e. The fraction of sp³-hybridized carbons (Fsp3) is 0.667. The van der Waals surface area contributed by atoms with Crippen molar-refractivity contribution in [1.82, 2.24) is 0 Å². The first-order chi connectivity index (χ1) is 4.00. The lowest BCUT2D eigenvalue weighted by Gasteiger charge is -2.16. The van der Waals surface area contributed by atoms with Gasteiger partial charge in [0.1, 0.15) is 5.60 Å². The van der Waals surface area contributed by atoms with Crippen molar-refractivity contribution in [3.05, 3.63) is 6.42 Å². The third kappa shape index (κ3) is 2.46. The van der Waals surface area contributed by atoms with Crippen LogP contribution in [-0.2, 0) is 4.79 Å². The van der Waals surface area contributed by atoms with E-state index in [0.29, 0.717) is 6.42 Å². The standard InChI is InChI=1S/C6H12NO2/c1-3-4-6(2,9)5(7)8/h3,9H,4H2,1-2H3,(H2,7,8). The van der Waals surface area contributed by atoms with E-state index in [0.717, 1.165) is 0 Å². The number of nitrogens with two attached hydrogens (primary N) is 1. The van der Waals surface area contributed by atoms with E-state index in [-0.39, 0.29) is 0 Å². The second kappa shape index (κ2) is 2.82. The second-order valence-electron chi connectivity index (χ2n) is 2.25. The number of rotatable bonds is 3. The van der Waals surface area contributed by atoms with Crippen LogP contribution in [0.2, 0.25) is 0 Å². The molecule has 0 aliphatic rings. The summed E-state index contributed by atoms with van der Waals surface area (Å²) >= 11 is 0. The van der Waals surface area contributed by atoms with Crippen LogP contribution in [0.5, 0.6) is 0 Å².